The van der Waals surface area contributed by atoms with Gasteiger partial charge < -0.3 is 14.4 Å². The predicted molar refractivity (Wildman–Crippen MR) is 80.2 cm³/mol. The molecule has 0 bridgehead atoms. The van der Waals surface area contributed by atoms with Gasteiger partial charge in [0.15, 0.2) is 6.61 Å². The molecule has 0 radical (unpaired) electrons. The molecule has 1 aromatic rings. The number of ether oxygens (including phenoxy) is 2. The highest BCUT2D eigenvalue weighted by Gasteiger charge is 2.27. The number of piperazine rings is 1. The Labute approximate surface area is 130 Å². The Bertz CT molecular complexity index is 607. The Morgan fingerprint density at radius 2 is 1.73 bits per heavy atom. The first kappa shape index (κ1) is 16.7. The molecule has 1 saturated heterocycles. The van der Waals surface area contributed by atoms with Crippen LogP contribution in [0.3, 0.4) is 0 Å². The lowest BCUT2D eigenvalue weighted by Gasteiger charge is -2.31. The summed E-state index contributed by atoms with van der Waals surface area (Å²) in [7, 11) is -0.234. The Balaban J connectivity index is 2.04. The van der Waals surface area contributed by atoms with Gasteiger partial charge in [-0.25, -0.2) is 13.2 Å². The maximum absolute atomic E-state index is 12.5. The maximum atomic E-state index is 12.5. The second kappa shape index (κ2) is 7.08. The minimum absolute atomic E-state index is 0.207. The summed E-state index contributed by atoms with van der Waals surface area (Å²) in [6.07, 6.45) is 0. The van der Waals surface area contributed by atoms with Crippen LogP contribution in [-0.4, -0.2) is 70.5 Å². The highest BCUT2D eigenvalue weighted by Crippen LogP contribution is 2.20. The molecule has 1 heterocycles. The number of sulfonamides is 1. The molecule has 1 aromatic carbocycles. The first-order chi connectivity index (χ1) is 10.4. The zero-order chi connectivity index (χ0) is 16.2. The molecule has 122 valence electrons. The van der Waals surface area contributed by atoms with E-state index in [9.17, 15) is 13.2 Å². The number of carbonyl (C=O) groups excluding carboxylic acids is 1. The lowest BCUT2D eigenvalue weighted by atomic mass is 10.3. The highest BCUT2D eigenvalue weighted by atomic mass is 32.2. The van der Waals surface area contributed by atoms with Gasteiger partial charge in [-0.15, -0.1) is 0 Å². The van der Waals surface area contributed by atoms with Gasteiger partial charge in [0, 0.05) is 26.2 Å². The summed E-state index contributed by atoms with van der Waals surface area (Å²) in [5, 5.41) is 0. The van der Waals surface area contributed by atoms with Crippen molar-refractivity contribution in [3.05, 3.63) is 24.3 Å². The fourth-order valence-electron chi connectivity index (χ4n) is 2.09. The van der Waals surface area contributed by atoms with Gasteiger partial charge in [0.1, 0.15) is 5.75 Å². The van der Waals surface area contributed by atoms with Crippen LogP contribution in [0.5, 0.6) is 5.75 Å². The number of hydrogen-bond acceptors (Lipinski definition) is 6. The Morgan fingerprint density at radius 1 is 1.14 bits per heavy atom. The largest absolute Gasteiger partial charge is 0.482 e. The zero-order valence-electron chi connectivity index (χ0n) is 12.7. The van der Waals surface area contributed by atoms with Gasteiger partial charge in [-0.1, -0.05) is 0 Å². The number of carbonyl (C=O) groups is 1. The van der Waals surface area contributed by atoms with E-state index in [1.165, 1.54) is 35.7 Å². The van der Waals surface area contributed by atoms with Crippen molar-refractivity contribution < 1.29 is 22.7 Å². The van der Waals surface area contributed by atoms with E-state index in [2.05, 4.69) is 9.64 Å². The minimum atomic E-state index is -3.48. The molecule has 1 aliphatic heterocycles. The standard InChI is InChI=1S/C14H20N2O5S/c1-15-7-9-16(10-8-15)22(18,19)13-5-3-12(4-6-13)21-11-14(17)20-2/h3-6H,7-11H2,1-2H3. The van der Waals surface area contributed by atoms with E-state index in [4.69, 9.17) is 4.74 Å². The molecule has 0 spiro atoms. The van der Waals surface area contributed by atoms with Crippen LogP contribution in [0.4, 0.5) is 0 Å². The van der Waals surface area contributed by atoms with E-state index < -0.39 is 16.0 Å². The Kier molecular flexibility index (Phi) is 5.38. The van der Waals surface area contributed by atoms with Gasteiger partial charge in [-0.3, -0.25) is 0 Å². The lowest BCUT2D eigenvalue weighted by Crippen LogP contribution is -2.46. The van der Waals surface area contributed by atoms with E-state index in [1.807, 2.05) is 7.05 Å². The quantitative estimate of drug-likeness (QED) is 0.718. The van der Waals surface area contributed by atoms with Crippen molar-refractivity contribution in [1.82, 2.24) is 9.21 Å². The molecular weight excluding hydrogens is 308 g/mol. The fraction of sp³-hybridized carbons (Fsp3) is 0.500. The minimum Gasteiger partial charge on any atom is -0.482 e. The maximum Gasteiger partial charge on any atom is 0.343 e. The van der Waals surface area contributed by atoms with Crippen molar-refractivity contribution in [2.24, 2.45) is 0 Å². The van der Waals surface area contributed by atoms with E-state index in [-0.39, 0.29) is 11.5 Å². The first-order valence-electron chi connectivity index (χ1n) is 6.92. The van der Waals surface area contributed by atoms with E-state index in [1.54, 1.807) is 0 Å². The van der Waals surface area contributed by atoms with Gasteiger partial charge in [0.2, 0.25) is 10.0 Å². The number of hydrogen-bond donors (Lipinski definition) is 0. The third-order valence-corrected chi connectivity index (χ3v) is 5.42. The molecule has 0 saturated carbocycles. The summed E-state index contributed by atoms with van der Waals surface area (Å²) in [6, 6.07) is 6.04. The van der Waals surface area contributed by atoms with Gasteiger partial charge in [-0.2, -0.15) is 4.31 Å². The molecule has 2 rings (SSSR count). The molecule has 1 aliphatic rings. The number of nitrogens with zero attached hydrogens (tertiary/aromatic N) is 2. The van der Waals surface area contributed by atoms with E-state index in [0.717, 1.165) is 13.1 Å². The number of esters is 1. The topological polar surface area (TPSA) is 76.1 Å². The second-order valence-corrected chi connectivity index (χ2v) is 6.98. The van der Waals surface area contributed by atoms with Crippen LogP contribution in [0.25, 0.3) is 0 Å². The van der Waals surface area contributed by atoms with Crippen molar-refractivity contribution >= 4 is 16.0 Å². The number of methoxy groups -OCH3 is 1. The third-order valence-electron chi connectivity index (χ3n) is 3.51. The van der Waals surface area contributed by atoms with Crippen LogP contribution in [0.1, 0.15) is 0 Å². The second-order valence-electron chi connectivity index (χ2n) is 5.04. The molecule has 0 aromatic heterocycles. The van der Waals surface area contributed by atoms with Crippen molar-refractivity contribution in [2.45, 2.75) is 4.90 Å². The van der Waals surface area contributed by atoms with Crippen LogP contribution >= 0.6 is 0 Å². The molecule has 0 atom stereocenters. The lowest BCUT2D eigenvalue weighted by molar-refractivity contribution is -0.142. The predicted octanol–water partition coefficient (Wildman–Crippen LogP) is 0.175. The average molecular weight is 328 g/mol. The highest BCUT2D eigenvalue weighted by molar-refractivity contribution is 7.89. The monoisotopic (exact) mass is 328 g/mol. The average Bonchev–Trinajstić information content (AvgIpc) is 2.53. The summed E-state index contributed by atoms with van der Waals surface area (Å²) >= 11 is 0. The van der Waals surface area contributed by atoms with Gasteiger partial charge in [0.05, 0.1) is 12.0 Å². The van der Waals surface area contributed by atoms with Crippen LogP contribution < -0.4 is 4.74 Å². The summed E-state index contributed by atoms with van der Waals surface area (Å²) < 4.78 is 36.2. The molecule has 0 N–H and O–H groups in total. The van der Waals surface area contributed by atoms with Crippen molar-refractivity contribution in [2.75, 3.05) is 46.9 Å². The summed E-state index contributed by atoms with van der Waals surface area (Å²) in [6.45, 7) is 2.21. The van der Waals surface area contributed by atoms with Crippen LogP contribution in [0.15, 0.2) is 29.2 Å². The SMILES string of the molecule is COC(=O)COc1ccc(S(=O)(=O)N2CCN(C)CC2)cc1. The molecule has 0 amide bonds. The van der Waals surface area contributed by atoms with E-state index in [0.29, 0.717) is 18.8 Å². The number of likely N-dealkylation sites (N-methyl/N-ethyl adjacent to an activating group) is 1. The van der Waals surface area contributed by atoms with Crippen LogP contribution in [0, 0.1) is 0 Å². The van der Waals surface area contributed by atoms with Crippen molar-refractivity contribution in [3.8, 4) is 5.75 Å². The van der Waals surface area contributed by atoms with Crippen LogP contribution in [0.2, 0.25) is 0 Å². The van der Waals surface area contributed by atoms with Crippen molar-refractivity contribution in [1.29, 1.82) is 0 Å². The van der Waals surface area contributed by atoms with Crippen molar-refractivity contribution in [3.63, 3.8) is 0 Å². The van der Waals surface area contributed by atoms with Gasteiger partial charge >= 0.3 is 5.97 Å². The molecule has 0 unspecified atom stereocenters. The van der Waals surface area contributed by atoms with Gasteiger partial charge in [-0.05, 0) is 31.3 Å². The summed E-state index contributed by atoms with van der Waals surface area (Å²) in [4.78, 5) is 13.3. The number of benzene rings is 1. The summed E-state index contributed by atoms with van der Waals surface area (Å²) in [5.41, 5.74) is 0. The number of rotatable bonds is 5. The third kappa shape index (κ3) is 3.96. The Morgan fingerprint density at radius 3 is 2.27 bits per heavy atom. The first-order valence-corrected chi connectivity index (χ1v) is 8.36. The normalized spacial score (nSPS) is 17.2. The zero-order valence-corrected chi connectivity index (χ0v) is 13.5. The molecule has 8 heteroatoms. The summed E-state index contributed by atoms with van der Waals surface area (Å²) in [5.74, 6) is -0.0723. The van der Waals surface area contributed by atoms with Crippen LogP contribution in [-0.2, 0) is 19.6 Å². The van der Waals surface area contributed by atoms with Gasteiger partial charge in [0.25, 0.3) is 0 Å². The molecular formula is C14H20N2O5S. The molecule has 7 nitrogen and oxygen atoms in total. The smallest absolute Gasteiger partial charge is 0.343 e. The molecule has 1 fully saturated rings. The molecule has 22 heavy (non-hydrogen) atoms. The Hall–Kier alpha value is -1.64. The fourth-order valence-corrected chi connectivity index (χ4v) is 3.51. The van der Waals surface area contributed by atoms with E-state index >= 15 is 0 Å². The molecule has 0 aliphatic carbocycles.